The van der Waals surface area contributed by atoms with Gasteiger partial charge in [-0.2, -0.15) is 0 Å². The molecular weight excluding hydrogens is 568 g/mol. The second-order valence-electron chi connectivity index (χ2n) is 6.87. The third-order valence-electron chi connectivity index (χ3n) is 4.61. The number of halogens is 2. The van der Waals surface area contributed by atoms with Gasteiger partial charge in [0.1, 0.15) is 17.1 Å². The molecule has 1 heterocycles. The summed E-state index contributed by atoms with van der Waals surface area (Å²) >= 11 is 8.17. The van der Waals surface area contributed by atoms with Gasteiger partial charge in [-0.05, 0) is 48.5 Å². The largest absolute Gasteiger partial charge is 0.497 e. The van der Waals surface area contributed by atoms with Crippen LogP contribution in [-0.4, -0.2) is 34.0 Å². The first-order valence-electron chi connectivity index (χ1n) is 9.85. The fourth-order valence-electron chi connectivity index (χ4n) is 2.98. The Bertz CT molecular complexity index is 1250. The molecule has 0 aliphatic carbocycles. The molecule has 0 spiro atoms. The first-order chi connectivity index (χ1) is 16.0. The van der Waals surface area contributed by atoms with Gasteiger partial charge in [-0.3, -0.25) is 4.79 Å². The topological polar surface area (TPSA) is 77.0 Å². The summed E-state index contributed by atoms with van der Waals surface area (Å²) in [6.07, 6.45) is 0. The van der Waals surface area contributed by atoms with Crippen LogP contribution in [0.4, 0.5) is 5.69 Å². The Morgan fingerprint density at radius 1 is 0.848 bits per heavy atom. The molecule has 6 nitrogen and oxygen atoms in total. The van der Waals surface area contributed by atoms with E-state index >= 15 is 0 Å². The molecule has 1 amide bonds. The number of benzene rings is 3. The third-order valence-corrected chi connectivity index (χ3v) is 6.50. The van der Waals surface area contributed by atoms with Crippen molar-refractivity contribution in [2.75, 3.05) is 18.2 Å². The van der Waals surface area contributed by atoms with Crippen molar-refractivity contribution in [1.29, 1.82) is 0 Å². The van der Waals surface area contributed by atoms with Crippen LogP contribution < -0.4 is 10.1 Å². The Morgan fingerprint density at radius 3 is 2.00 bits per heavy atom. The number of ether oxygens (including phenoxy) is 1. The average Bonchev–Trinajstić information content (AvgIpc) is 2.84. The van der Waals surface area contributed by atoms with Gasteiger partial charge in [0.05, 0.1) is 12.9 Å². The molecule has 4 rings (SSSR count). The van der Waals surface area contributed by atoms with Crippen LogP contribution in [0.25, 0.3) is 22.5 Å². The van der Waals surface area contributed by atoms with E-state index < -0.39 is 0 Å². The number of anilines is 1. The summed E-state index contributed by atoms with van der Waals surface area (Å²) in [6, 6.07) is 22.9. The zero-order valence-corrected chi connectivity index (χ0v) is 21.4. The second-order valence-corrected chi connectivity index (χ2v) is 9.64. The summed E-state index contributed by atoms with van der Waals surface area (Å²) in [7, 11) is 1.60. The number of amides is 1. The third kappa shape index (κ3) is 6.19. The smallest absolute Gasteiger partial charge is 0.234 e. The molecule has 33 heavy (non-hydrogen) atoms. The fraction of sp³-hybridized carbons (Fsp3) is 0.0833. The molecular formula is C24H18Br2N4O2S. The number of aromatic nitrogens is 3. The van der Waals surface area contributed by atoms with Gasteiger partial charge in [-0.25, -0.2) is 4.98 Å². The van der Waals surface area contributed by atoms with E-state index in [0.717, 1.165) is 25.8 Å². The van der Waals surface area contributed by atoms with E-state index in [1.54, 1.807) is 31.4 Å². The molecule has 0 atom stereocenters. The summed E-state index contributed by atoms with van der Waals surface area (Å²) in [5.74, 6) is 0.731. The van der Waals surface area contributed by atoms with E-state index in [9.17, 15) is 4.79 Å². The minimum absolute atomic E-state index is 0.157. The number of rotatable bonds is 7. The highest BCUT2D eigenvalue weighted by atomic mass is 79.9. The van der Waals surface area contributed by atoms with Crippen LogP contribution in [0.3, 0.4) is 0 Å². The lowest BCUT2D eigenvalue weighted by atomic mass is 10.0. The predicted octanol–water partition coefficient (Wildman–Crippen LogP) is 6.47. The van der Waals surface area contributed by atoms with Crippen molar-refractivity contribution in [3.05, 3.63) is 81.7 Å². The molecule has 1 aromatic heterocycles. The summed E-state index contributed by atoms with van der Waals surface area (Å²) < 4.78 is 7.09. The van der Waals surface area contributed by atoms with Gasteiger partial charge in [0, 0.05) is 25.8 Å². The second kappa shape index (κ2) is 10.9. The molecule has 9 heteroatoms. The Hall–Kier alpha value is -2.75. The number of carbonyl (C=O) groups is 1. The van der Waals surface area contributed by atoms with E-state index in [2.05, 4.69) is 47.4 Å². The Kier molecular flexibility index (Phi) is 7.74. The fourth-order valence-corrected chi connectivity index (χ4v) is 4.10. The van der Waals surface area contributed by atoms with Crippen LogP contribution in [0.5, 0.6) is 5.75 Å². The van der Waals surface area contributed by atoms with E-state index in [4.69, 9.17) is 9.72 Å². The molecule has 0 saturated carbocycles. The first-order valence-corrected chi connectivity index (χ1v) is 12.4. The van der Waals surface area contributed by atoms with Crippen molar-refractivity contribution in [2.24, 2.45) is 0 Å². The molecule has 4 aromatic rings. The summed E-state index contributed by atoms with van der Waals surface area (Å²) in [5.41, 5.74) is 3.90. The number of methoxy groups -OCH3 is 1. The van der Waals surface area contributed by atoms with Crippen molar-refractivity contribution in [1.82, 2.24) is 15.2 Å². The van der Waals surface area contributed by atoms with Crippen molar-refractivity contribution in [3.63, 3.8) is 0 Å². The van der Waals surface area contributed by atoms with Crippen LogP contribution in [0.1, 0.15) is 0 Å². The maximum atomic E-state index is 12.4. The Balaban J connectivity index is 1.54. The zero-order chi connectivity index (χ0) is 23.2. The van der Waals surface area contributed by atoms with Gasteiger partial charge in [-0.15, -0.1) is 10.2 Å². The summed E-state index contributed by atoms with van der Waals surface area (Å²) in [6.45, 7) is 0. The van der Waals surface area contributed by atoms with Gasteiger partial charge in [0.15, 0.2) is 0 Å². The van der Waals surface area contributed by atoms with E-state index in [1.807, 2.05) is 48.5 Å². The minimum Gasteiger partial charge on any atom is -0.497 e. The highest BCUT2D eigenvalue weighted by Gasteiger charge is 2.15. The SMILES string of the molecule is COc1ccc(NC(=O)CSc2nnc(-c3ccc(Br)cc3)c(-c3ccc(Br)cc3)n2)cc1. The molecule has 0 aliphatic heterocycles. The molecule has 166 valence electrons. The lowest BCUT2D eigenvalue weighted by Crippen LogP contribution is -2.14. The molecule has 0 unspecified atom stereocenters. The van der Waals surface area contributed by atoms with Gasteiger partial charge >= 0.3 is 0 Å². The Labute approximate surface area is 212 Å². The summed E-state index contributed by atoms with van der Waals surface area (Å²) in [4.78, 5) is 17.1. The van der Waals surface area contributed by atoms with Crippen molar-refractivity contribution < 1.29 is 9.53 Å². The maximum absolute atomic E-state index is 12.4. The monoisotopic (exact) mass is 584 g/mol. The highest BCUT2D eigenvalue weighted by Crippen LogP contribution is 2.31. The highest BCUT2D eigenvalue weighted by molar-refractivity contribution is 9.10. The lowest BCUT2D eigenvalue weighted by molar-refractivity contribution is -0.113. The molecule has 0 aliphatic rings. The van der Waals surface area contributed by atoms with Gasteiger partial charge in [-0.1, -0.05) is 67.9 Å². The average molecular weight is 586 g/mol. The minimum atomic E-state index is -0.157. The van der Waals surface area contributed by atoms with Crippen LogP contribution in [0, 0.1) is 0 Å². The van der Waals surface area contributed by atoms with Crippen LogP contribution in [-0.2, 0) is 4.79 Å². The van der Waals surface area contributed by atoms with Gasteiger partial charge in [0.2, 0.25) is 11.1 Å². The standard InChI is InChI=1S/C24H18Br2N4O2S/c1-32-20-12-10-19(11-13-20)27-21(31)14-33-24-28-22(15-2-6-17(25)7-3-15)23(29-30-24)16-4-8-18(26)9-5-16/h2-13H,14H2,1H3,(H,27,31). The number of nitrogens with one attached hydrogen (secondary N) is 1. The number of carbonyl (C=O) groups excluding carboxylic acids is 1. The van der Waals surface area contributed by atoms with E-state index in [0.29, 0.717) is 22.2 Å². The van der Waals surface area contributed by atoms with Crippen LogP contribution in [0.15, 0.2) is 86.9 Å². The molecule has 3 aromatic carbocycles. The van der Waals surface area contributed by atoms with Crippen molar-refractivity contribution >= 4 is 55.2 Å². The van der Waals surface area contributed by atoms with Crippen molar-refractivity contribution in [2.45, 2.75) is 5.16 Å². The van der Waals surface area contributed by atoms with E-state index in [-0.39, 0.29) is 11.7 Å². The number of hydrogen-bond donors (Lipinski definition) is 1. The molecule has 0 fully saturated rings. The number of thioether (sulfide) groups is 1. The molecule has 0 radical (unpaired) electrons. The van der Waals surface area contributed by atoms with Gasteiger partial charge in [0.25, 0.3) is 0 Å². The molecule has 0 saturated heterocycles. The normalized spacial score (nSPS) is 10.6. The molecule has 1 N–H and O–H groups in total. The summed E-state index contributed by atoms with van der Waals surface area (Å²) in [5, 5.41) is 12.0. The zero-order valence-electron chi connectivity index (χ0n) is 17.5. The van der Waals surface area contributed by atoms with E-state index in [1.165, 1.54) is 11.8 Å². The number of nitrogens with zero attached hydrogens (tertiary/aromatic N) is 3. The maximum Gasteiger partial charge on any atom is 0.234 e. The van der Waals surface area contributed by atoms with Crippen LogP contribution in [0.2, 0.25) is 0 Å². The predicted molar refractivity (Wildman–Crippen MR) is 138 cm³/mol. The quantitative estimate of drug-likeness (QED) is 0.250. The number of hydrogen-bond acceptors (Lipinski definition) is 6. The van der Waals surface area contributed by atoms with Crippen molar-refractivity contribution in [3.8, 4) is 28.3 Å². The van der Waals surface area contributed by atoms with Gasteiger partial charge < -0.3 is 10.1 Å². The molecule has 0 bridgehead atoms. The lowest BCUT2D eigenvalue weighted by Gasteiger charge is -2.10. The Morgan fingerprint density at radius 2 is 1.42 bits per heavy atom. The van der Waals surface area contributed by atoms with Crippen LogP contribution >= 0.6 is 43.6 Å². The first kappa shape index (κ1) is 23.4.